The van der Waals surface area contributed by atoms with Crippen molar-refractivity contribution >= 4 is 39.7 Å². The Kier molecular flexibility index (Phi) is 4.32. The molecule has 1 heterocycles. The van der Waals surface area contributed by atoms with E-state index >= 15 is 0 Å². The average molecular weight is 392 g/mol. The van der Waals surface area contributed by atoms with Crippen LogP contribution in [0.1, 0.15) is 37.8 Å². The number of halogens is 5. The van der Waals surface area contributed by atoms with Crippen molar-refractivity contribution in [3.05, 3.63) is 35.4 Å². The lowest BCUT2D eigenvalue weighted by Gasteiger charge is -2.35. The quantitative estimate of drug-likeness (QED) is 0.596. The molecule has 3 rings (SSSR count). The summed E-state index contributed by atoms with van der Waals surface area (Å²) in [7, 11) is 0. The van der Waals surface area contributed by atoms with Crippen molar-refractivity contribution < 1.29 is 18.3 Å². The minimum Gasteiger partial charge on any atom is -0.507 e. The summed E-state index contributed by atoms with van der Waals surface area (Å²) in [6.07, 6.45) is -4.55. The van der Waals surface area contributed by atoms with E-state index in [4.69, 9.17) is 23.2 Å². The van der Waals surface area contributed by atoms with E-state index in [0.717, 1.165) is 6.07 Å². The van der Waals surface area contributed by atoms with E-state index in [1.54, 1.807) is 0 Å². The zero-order chi connectivity index (χ0) is 18.7. The third-order valence-corrected chi connectivity index (χ3v) is 5.23. The Labute approximate surface area is 154 Å². The summed E-state index contributed by atoms with van der Waals surface area (Å²) in [6.45, 7) is 6.25. The van der Waals surface area contributed by atoms with Crippen LogP contribution in [0.5, 0.6) is 5.75 Å². The van der Waals surface area contributed by atoms with Gasteiger partial charge in [0, 0.05) is 40.5 Å². The van der Waals surface area contributed by atoms with Crippen LogP contribution in [0.15, 0.2) is 24.3 Å². The predicted octanol–water partition coefficient (Wildman–Crippen LogP) is 6.07. The normalized spacial score (nSPS) is 18.3. The number of benzene rings is 2. The van der Waals surface area contributed by atoms with Crippen LogP contribution in [0.2, 0.25) is 0 Å². The van der Waals surface area contributed by atoms with Gasteiger partial charge in [0.15, 0.2) is 0 Å². The molecule has 0 fully saturated rings. The zero-order valence-electron chi connectivity index (χ0n) is 14.0. The van der Waals surface area contributed by atoms with Crippen molar-refractivity contribution in [3.63, 3.8) is 0 Å². The van der Waals surface area contributed by atoms with Gasteiger partial charge in [-0.2, -0.15) is 13.2 Å². The van der Waals surface area contributed by atoms with Crippen LogP contribution in [0, 0.1) is 0 Å². The Hall–Kier alpha value is -1.33. The Balaban J connectivity index is 2.45. The molecule has 0 bridgehead atoms. The third-order valence-electron chi connectivity index (χ3n) is 4.62. The number of rotatable bonds is 1. The van der Waals surface area contributed by atoms with Crippen LogP contribution in [-0.4, -0.2) is 22.0 Å². The maximum absolute atomic E-state index is 13.6. The van der Waals surface area contributed by atoms with E-state index in [-0.39, 0.29) is 22.1 Å². The Morgan fingerprint density at radius 2 is 1.84 bits per heavy atom. The summed E-state index contributed by atoms with van der Waals surface area (Å²) >= 11 is 12.3. The van der Waals surface area contributed by atoms with Gasteiger partial charge in [-0.3, -0.25) is 0 Å². The number of aromatic hydroxyl groups is 1. The van der Waals surface area contributed by atoms with Crippen LogP contribution in [-0.2, 0) is 6.18 Å². The molecule has 0 radical (unpaired) electrons. The van der Waals surface area contributed by atoms with E-state index in [1.165, 1.54) is 18.2 Å². The number of phenolic OH excluding ortho intramolecular Hbond substituents is 1. The van der Waals surface area contributed by atoms with Crippen molar-refractivity contribution in [1.29, 1.82) is 0 Å². The summed E-state index contributed by atoms with van der Waals surface area (Å²) in [5.74, 6) is -0.667. The Morgan fingerprint density at radius 1 is 1.20 bits per heavy atom. The van der Waals surface area contributed by atoms with Crippen LogP contribution < -0.4 is 4.90 Å². The molecule has 1 unspecified atom stereocenters. The number of nitrogens with zero attached hydrogens (tertiary/aromatic N) is 1. The van der Waals surface area contributed by atoms with E-state index in [2.05, 4.69) is 0 Å². The number of phenols is 1. The molecule has 0 saturated heterocycles. The van der Waals surface area contributed by atoms with Crippen LogP contribution in [0.25, 0.3) is 10.8 Å². The lowest BCUT2D eigenvalue weighted by atomic mass is 9.91. The first-order chi connectivity index (χ1) is 11.4. The molecule has 1 N–H and O–H groups in total. The second kappa shape index (κ2) is 5.85. The van der Waals surface area contributed by atoms with Gasteiger partial charge in [0.05, 0.1) is 5.56 Å². The topological polar surface area (TPSA) is 23.5 Å². The van der Waals surface area contributed by atoms with Crippen LogP contribution in [0.4, 0.5) is 18.9 Å². The number of alkyl halides is 5. The Bertz CT molecular complexity index is 828. The fraction of sp³-hybridized carbons (Fsp3) is 0.444. The molecule has 2 aromatic carbocycles. The minimum atomic E-state index is -4.55. The van der Waals surface area contributed by atoms with E-state index < -0.39 is 22.5 Å². The molecule has 136 valence electrons. The average Bonchev–Trinajstić information content (AvgIpc) is 2.85. The molecule has 0 spiro atoms. The molecule has 7 heteroatoms. The van der Waals surface area contributed by atoms with Gasteiger partial charge >= 0.3 is 6.18 Å². The molecular formula is C18H18Cl2F3NO. The lowest BCUT2D eigenvalue weighted by molar-refractivity contribution is -0.136. The predicted molar refractivity (Wildman–Crippen MR) is 95.9 cm³/mol. The minimum absolute atomic E-state index is 0.0203. The molecule has 0 amide bonds. The molecule has 0 saturated carbocycles. The summed E-state index contributed by atoms with van der Waals surface area (Å²) in [5.41, 5.74) is -0.150. The number of fused-ring (bicyclic) bond motifs is 3. The summed E-state index contributed by atoms with van der Waals surface area (Å²) in [6, 6.07) is 5.31. The van der Waals surface area contributed by atoms with Crippen LogP contribution >= 0.6 is 23.2 Å². The highest BCUT2D eigenvalue weighted by molar-refractivity contribution is 6.45. The highest BCUT2D eigenvalue weighted by atomic mass is 35.5. The lowest BCUT2D eigenvalue weighted by Crippen LogP contribution is -2.41. The fourth-order valence-electron chi connectivity index (χ4n) is 3.53. The van der Waals surface area contributed by atoms with Crippen molar-refractivity contribution in [1.82, 2.24) is 0 Å². The first-order valence-corrected chi connectivity index (χ1v) is 8.71. The first kappa shape index (κ1) is 18.5. The smallest absolute Gasteiger partial charge is 0.417 e. The molecule has 1 aliphatic rings. The first-order valence-electron chi connectivity index (χ1n) is 7.84. The Morgan fingerprint density at radius 3 is 2.36 bits per heavy atom. The van der Waals surface area contributed by atoms with Gasteiger partial charge in [0.2, 0.25) is 0 Å². The van der Waals surface area contributed by atoms with Crippen molar-refractivity contribution in [2.45, 2.75) is 43.2 Å². The summed E-state index contributed by atoms with van der Waals surface area (Å²) in [4.78, 5) is 1.08. The molecule has 1 aliphatic heterocycles. The highest BCUT2D eigenvalue weighted by Crippen LogP contribution is 2.52. The molecule has 0 aromatic heterocycles. The van der Waals surface area contributed by atoms with Gasteiger partial charge in [0.25, 0.3) is 0 Å². The van der Waals surface area contributed by atoms with Gasteiger partial charge < -0.3 is 10.0 Å². The van der Waals surface area contributed by atoms with Gasteiger partial charge in [-0.15, -0.1) is 23.2 Å². The van der Waals surface area contributed by atoms with E-state index in [1.807, 2.05) is 25.7 Å². The fourth-order valence-corrected chi connectivity index (χ4v) is 3.94. The van der Waals surface area contributed by atoms with E-state index in [9.17, 15) is 18.3 Å². The van der Waals surface area contributed by atoms with Crippen molar-refractivity contribution in [3.8, 4) is 5.75 Å². The summed E-state index contributed by atoms with van der Waals surface area (Å²) < 4.78 is 40.8. The summed E-state index contributed by atoms with van der Waals surface area (Å²) in [5, 5.41) is 10.5. The van der Waals surface area contributed by atoms with Gasteiger partial charge in [-0.1, -0.05) is 12.1 Å². The number of hydrogen-bond acceptors (Lipinski definition) is 2. The maximum Gasteiger partial charge on any atom is 0.417 e. The second-order valence-corrected chi connectivity index (χ2v) is 8.44. The largest absolute Gasteiger partial charge is 0.507 e. The SMILES string of the molecule is CC(C)(C)N1CC(C(Cl)Cl)c2c1cc(O)c1cccc(C(F)(F)F)c21. The number of hydrogen-bond donors (Lipinski definition) is 1. The third kappa shape index (κ3) is 3.02. The second-order valence-electron chi connectivity index (χ2n) is 7.28. The maximum atomic E-state index is 13.6. The van der Waals surface area contributed by atoms with Crippen LogP contribution in [0.3, 0.4) is 0 Å². The molecule has 1 atom stereocenters. The molecule has 2 nitrogen and oxygen atoms in total. The number of anilines is 1. The van der Waals surface area contributed by atoms with Gasteiger partial charge in [-0.25, -0.2) is 0 Å². The van der Waals surface area contributed by atoms with Crippen molar-refractivity contribution in [2.75, 3.05) is 11.4 Å². The van der Waals surface area contributed by atoms with Gasteiger partial charge in [0.1, 0.15) is 10.6 Å². The molecule has 0 aliphatic carbocycles. The van der Waals surface area contributed by atoms with Crippen molar-refractivity contribution in [2.24, 2.45) is 0 Å². The highest BCUT2D eigenvalue weighted by Gasteiger charge is 2.42. The zero-order valence-corrected chi connectivity index (χ0v) is 15.5. The molecule has 25 heavy (non-hydrogen) atoms. The molecule has 2 aromatic rings. The standard InChI is InChI=1S/C18H18Cl2F3NO/c1-17(2,3)24-8-10(16(19)20)15-12(24)7-13(25)9-5-4-6-11(14(9)15)18(21,22)23/h4-7,10,16,25H,8H2,1-3H3. The van der Waals surface area contributed by atoms with E-state index in [0.29, 0.717) is 17.8 Å². The monoisotopic (exact) mass is 391 g/mol. The van der Waals surface area contributed by atoms with Gasteiger partial charge in [-0.05, 0) is 32.4 Å². The molecular weight excluding hydrogens is 374 g/mol.